The van der Waals surface area contributed by atoms with Gasteiger partial charge in [0.25, 0.3) is 0 Å². The molecule has 0 aromatic carbocycles. The van der Waals surface area contributed by atoms with Crippen LogP contribution in [0.1, 0.15) is 82.2 Å². The Morgan fingerprint density at radius 1 is 1.09 bits per heavy atom. The molecule has 0 spiro atoms. The highest BCUT2D eigenvalue weighted by atomic mass is 19.3. The summed E-state index contributed by atoms with van der Waals surface area (Å²) in [6.45, 7) is 4.30. The van der Waals surface area contributed by atoms with Crippen molar-refractivity contribution >= 4 is 10.9 Å². The van der Waals surface area contributed by atoms with Crippen LogP contribution in [0.3, 0.4) is 0 Å². The van der Waals surface area contributed by atoms with E-state index in [1.165, 1.54) is 0 Å². The third-order valence-corrected chi connectivity index (χ3v) is 8.94. The number of H-pyrrole nitrogens is 1. The second-order valence-corrected chi connectivity index (χ2v) is 11.2. The highest BCUT2D eigenvalue weighted by molar-refractivity contribution is 5.81. The first-order valence-electron chi connectivity index (χ1n) is 12.3. The van der Waals surface area contributed by atoms with Crippen molar-refractivity contribution < 1.29 is 13.5 Å². The topological polar surface area (TPSA) is 58.3 Å². The van der Waals surface area contributed by atoms with Crippen molar-refractivity contribution in [2.24, 2.45) is 29.6 Å². The summed E-state index contributed by atoms with van der Waals surface area (Å²) in [4.78, 5) is 21.3. The molecule has 2 aromatic heterocycles. The van der Waals surface area contributed by atoms with Crippen molar-refractivity contribution in [1.29, 1.82) is 0 Å². The maximum Gasteiger partial charge on any atom is 0.248 e. The van der Waals surface area contributed by atoms with Crippen LogP contribution in [0.2, 0.25) is 0 Å². The average molecular weight is 443 g/mol. The minimum Gasteiger partial charge on any atom is -0.363 e. The van der Waals surface area contributed by atoms with Crippen LogP contribution >= 0.6 is 0 Å². The van der Waals surface area contributed by atoms with Crippen LogP contribution in [0.15, 0.2) is 23.1 Å². The lowest BCUT2D eigenvalue weighted by molar-refractivity contribution is -0.00306. The van der Waals surface area contributed by atoms with Crippen molar-refractivity contribution in [3.63, 3.8) is 0 Å². The Labute approximate surface area is 187 Å². The van der Waals surface area contributed by atoms with Gasteiger partial charge in [0.05, 0.1) is 22.7 Å². The Bertz CT molecular complexity index is 1080. The summed E-state index contributed by atoms with van der Waals surface area (Å²) in [6.07, 6.45) is 7.09. The van der Waals surface area contributed by atoms with Crippen LogP contribution in [0.4, 0.5) is 8.78 Å². The van der Waals surface area contributed by atoms with Crippen molar-refractivity contribution in [2.75, 3.05) is 0 Å². The van der Waals surface area contributed by atoms with Crippen LogP contribution in [0.25, 0.3) is 10.9 Å². The number of ether oxygens (including phenoxy) is 1. The number of nitrogens with zero attached hydrogens (tertiary/aromatic N) is 1. The van der Waals surface area contributed by atoms with Crippen molar-refractivity contribution in [3.05, 3.63) is 39.9 Å². The SMILES string of the molecule is CC1OC1c1nccc2[nH]c([C@@H]3CC[C@H](C)CC3C3CC4CC(F)(F)C[C@H]4C3)cc(=O)c12. The molecule has 0 bridgehead atoms. The second kappa shape index (κ2) is 7.34. The maximum atomic E-state index is 13.9. The lowest BCUT2D eigenvalue weighted by Gasteiger charge is -2.39. The smallest absolute Gasteiger partial charge is 0.248 e. The molecule has 1 N–H and O–H groups in total. The van der Waals surface area contributed by atoms with E-state index in [0.717, 1.165) is 49.0 Å². The molecule has 172 valence electrons. The van der Waals surface area contributed by atoms with E-state index in [1.807, 2.05) is 13.0 Å². The predicted molar refractivity (Wildman–Crippen MR) is 119 cm³/mol. The van der Waals surface area contributed by atoms with Crippen molar-refractivity contribution in [3.8, 4) is 0 Å². The monoisotopic (exact) mass is 442 g/mol. The lowest BCUT2D eigenvalue weighted by Crippen LogP contribution is -2.30. The lowest BCUT2D eigenvalue weighted by atomic mass is 9.67. The number of hydrogen-bond donors (Lipinski definition) is 1. The molecule has 4 aliphatic rings. The van der Waals surface area contributed by atoms with Gasteiger partial charge in [0.2, 0.25) is 5.92 Å². The molecule has 6 rings (SSSR count). The fraction of sp³-hybridized carbons (Fsp3) is 0.692. The summed E-state index contributed by atoms with van der Waals surface area (Å²) in [5, 5.41) is 0.643. The number of aromatic nitrogens is 2. The number of epoxide rings is 1. The van der Waals surface area contributed by atoms with Crippen LogP contribution in [0.5, 0.6) is 0 Å². The van der Waals surface area contributed by atoms with Gasteiger partial charge in [-0.25, -0.2) is 8.78 Å². The van der Waals surface area contributed by atoms with Crippen LogP contribution in [-0.2, 0) is 4.74 Å². The van der Waals surface area contributed by atoms with Crippen LogP contribution < -0.4 is 5.43 Å². The van der Waals surface area contributed by atoms with Gasteiger partial charge in [-0.3, -0.25) is 9.78 Å². The molecular weight excluding hydrogens is 410 g/mol. The number of rotatable bonds is 3. The van der Waals surface area contributed by atoms with Gasteiger partial charge in [0.15, 0.2) is 5.43 Å². The van der Waals surface area contributed by atoms with Crippen LogP contribution in [-0.4, -0.2) is 22.0 Å². The summed E-state index contributed by atoms with van der Waals surface area (Å²) in [5.41, 5.74) is 2.60. The average Bonchev–Trinajstić information content (AvgIpc) is 3.23. The molecule has 3 saturated carbocycles. The fourth-order valence-corrected chi connectivity index (χ4v) is 7.43. The second-order valence-electron chi connectivity index (χ2n) is 11.2. The summed E-state index contributed by atoms with van der Waals surface area (Å²) in [5.74, 6) is -0.219. The van der Waals surface area contributed by atoms with E-state index in [1.54, 1.807) is 12.3 Å². The van der Waals surface area contributed by atoms with Gasteiger partial charge in [-0.15, -0.1) is 0 Å². The van der Waals surface area contributed by atoms with E-state index in [2.05, 4.69) is 16.9 Å². The molecule has 0 radical (unpaired) electrons. The molecule has 1 saturated heterocycles. The first-order chi connectivity index (χ1) is 15.3. The molecule has 1 aliphatic heterocycles. The summed E-state index contributed by atoms with van der Waals surface area (Å²) in [7, 11) is 0. The third kappa shape index (κ3) is 3.49. The molecule has 4 fully saturated rings. The normalized spacial score (nSPS) is 40.5. The maximum absolute atomic E-state index is 13.9. The van der Waals surface area contributed by atoms with Crippen molar-refractivity contribution in [2.45, 2.75) is 82.8 Å². The number of hydrogen-bond acceptors (Lipinski definition) is 3. The molecule has 0 amide bonds. The Hall–Kier alpha value is -1.82. The molecule has 3 heterocycles. The number of nitrogens with one attached hydrogen (secondary N) is 1. The van der Waals surface area contributed by atoms with Crippen LogP contribution in [0, 0.1) is 29.6 Å². The number of fused-ring (bicyclic) bond motifs is 2. The van der Waals surface area contributed by atoms with Gasteiger partial charge in [-0.2, -0.15) is 0 Å². The van der Waals surface area contributed by atoms with Gasteiger partial charge in [0, 0.05) is 36.7 Å². The summed E-state index contributed by atoms with van der Waals surface area (Å²) < 4.78 is 33.4. The zero-order valence-corrected chi connectivity index (χ0v) is 18.8. The summed E-state index contributed by atoms with van der Waals surface area (Å²) >= 11 is 0. The zero-order chi connectivity index (χ0) is 22.2. The first kappa shape index (κ1) is 20.8. The predicted octanol–water partition coefficient (Wildman–Crippen LogP) is 5.97. The van der Waals surface area contributed by atoms with Gasteiger partial charge < -0.3 is 9.72 Å². The van der Waals surface area contributed by atoms with Gasteiger partial charge in [0.1, 0.15) is 6.10 Å². The van der Waals surface area contributed by atoms with Gasteiger partial charge in [-0.1, -0.05) is 13.3 Å². The molecule has 6 heteroatoms. The molecule has 8 atom stereocenters. The highest BCUT2D eigenvalue weighted by Gasteiger charge is 2.52. The van der Waals surface area contributed by atoms with E-state index in [9.17, 15) is 13.6 Å². The highest BCUT2D eigenvalue weighted by Crippen LogP contribution is 2.58. The molecule has 4 nitrogen and oxygen atoms in total. The van der Waals surface area contributed by atoms with Gasteiger partial charge >= 0.3 is 0 Å². The van der Waals surface area contributed by atoms with Crippen molar-refractivity contribution in [1.82, 2.24) is 9.97 Å². The number of aromatic amines is 1. The fourth-order valence-electron chi connectivity index (χ4n) is 7.43. The molecule has 5 unspecified atom stereocenters. The first-order valence-corrected chi connectivity index (χ1v) is 12.3. The third-order valence-electron chi connectivity index (χ3n) is 8.94. The number of alkyl halides is 2. The zero-order valence-electron chi connectivity index (χ0n) is 18.8. The molecule has 32 heavy (non-hydrogen) atoms. The standard InChI is InChI=1S/C26H32F2N2O2/c1-13-3-4-18(19(7-13)15-8-16-11-26(27,28)12-17(16)9-15)21-10-22(31)23-20(30-21)5-6-29-24(23)25-14(2)32-25/h5-6,10,13-19,25H,3-4,7-9,11-12H2,1-2H3,(H,30,31)/t13-,14?,15?,16+,17?,18+,19?,25?/m0/s1. The van der Waals surface area contributed by atoms with Gasteiger partial charge in [-0.05, 0) is 68.3 Å². The van der Waals surface area contributed by atoms with E-state index >= 15 is 0 Å². The molecule has 3 aliphatic carbocycles. The Kier molecular flexibility index (Phi) is 4.76. The van der Waals surface area contributed by atoms with E-state index in [4.69, 9.17) is 4.74 Å². The van der Waals surface area contributed by atoms with E-state index in [0.29, 0.717) is 29.1 Å². The summed E-state index contributed by atoms with van der Waals surface area (Å²) in [6, 6.07) is 3.68. The number of pyridine rings is 2. The molecular formula is C26H32F2N2O2. The van der Waals surface area contributed by atoms with E-state index in [-0.39, 0.29) is 42.3 Å². The Morgan fingerprint density at radius 2 is 1.81 bits per heavy atom. The number of halogens is 2. The largest absolute Gasteiger partial charge is 0.363 e. The molecule has 2 aromatic rings. The minimum atomic E-state index is -2.46. The van der Waals surface area contributed by atoms with E-state index < -0.39 is 5.92 Å². The Balaban J connectivity index is 1.32. The minimum absolute atomic E-state index is 0.0138. The quantitative estimate of drug-likeness (QED) is 0.596. The Morgan fingerprint density at radius 3 is 2.50 bits per heavy atom.